The normalized spacial score (nSPS) is 58.5. The highest BCUT2D eigenvalue weighted by molar-refractivity contribution is 5.82. The van der Waals surface area contributed by atoms with Crippen molar-refractivity contribution in [2.24, 2.45) is 56.2 Å². The van der Waals surface area contributed by atoms with Gasteiger partial charge in [0.1, 0.15) is 5.78 Å². The fraction of sp³-hybridized carbons (Fsp3) is 0.967. The standard InChI is InChI=1S/C30H50O/c1-20-23(31)9-10-24-27(20,5)16-18-30(8)28(6)17-15-26(4)14-13-25(2,3)19-22(26)21(28)11-12-29(24,30)7/h20-22,24H,9-19H2,1-8H3. The van der Waals surface area contributed by atoms with Gasteiger partial charge in [-0.1, -0.05) is 55.4 Å². The number of carbonyl (C=O) groups excluding carboxylic acids is 1. The number of hydrogen-bond donors (Lipinski definition) is 0. The SMILES string of the molecule is CC1C(=O)CCC2C1(C)CCC1(C)C3(C)CCC4(C)CCC(C)(C)CC4C3CCC21C. The first-order valence-electron chi connectivity index (χ1n) is 13.8. The summed E-state index contributed by atoms with van der Waals surface area (Å²) in [4.78, 5) is 12.7. The van der Waals surface area contributed by atoms with Crippen LogP contribution in [0.1, 0.15) is 126 Å². The van der Waals surface area contributed by atoms with E-state index in [2.05, 4.69) is 55.4 Å². The van der Waals surface area contributed by atoms with Crippen LogP contribution in [-0.4, -0.2) is 5.78 Å². The van der Waals surface area contributed by atoms with Crippen LogP contribution in [0.5, 0.6) is 0 Å². The Kier molecular flexibility index (Phi) is 4.65. The van der Waals surface area contributed by atoms with Crippen molar-refractivity contribution in [1.29, 1.82) is 0 Å². The summed E-state index contributed by atoms with van der Waals surface area (Å²) < 4.78 is 0. The van der Waals surface area contributed by atoms with Gasteiger partial charge in [-0.3, -0.25) is 4.79 Å². The van der Waals surface area contributed by atoms with E-state index in [1.807, 2.05) is 0 Å². The summed E-state index contributed by atoms with van der Waals surface area (Å²) in [6.45, 7) is 20.7. The van der Waals surface area contributed by atoms with Gasteiger partial charge in [-0.05, 0) is 114 Å². The zero-order chi connectivity index (χ0) is 22.7. The molecule has 9 atom stereocenters. The molecule has 9 unspecified atom stereocenters. The number of fused-ring (bicyclic) bond motifs is 7. The smallest absolute Gasteiger partial charge is 0.136 e. The molecule has 176 valence electrons. The average Bonchev–Trinajstić information content (AvgIpc) is 2.69. The lowest BCUT2D eigenvalue weighted by Gasteiger charge is -2.75. The van der Waals surface area contributed by atoms with Gasteiger partial charge in [0.05, 0.1) is 0 Å². The van der Waals surface area contributed by atoms with Gasteiger partial charge < -0.3 is 0 Å². The predicted molar refractivity (Wildman–Crippen MR) is 130 cm³/mol. The lowest BCUT2D eigenvalue weighted by atomic mass is 9.29. The molecule has 0 N–H and O–H groups in total. The van der Waals surface area contributed by atoms with E-state index in [9.17, 15) is 4.79 Å². The van der Waals surface area contributed by atoms with Gasteiger partial charge in [-0.2, -0.15) is 0 Å². The van der Waals surface area contributed by atoms with Crippen molar-refractivity contribution in [2.75, 3.05) is 0 Å². The Morgan fingerprint density at radius 1 is 0.710 bits per heavy atom. The van der Waals surface area contributed by atoms with E-state index in [1.165, 1.54) is 57.8 Å². The quantitative estimate of drug-likeness (QED) is 0.379. The first-order valence-corrected chi connectivity index (χ1v) is 13.8. The van der Waals surface area contributed by atoms with E-state index in [0.717, 1.165) is 30.6 Å². The molecule has 1 nitrogen and oxygen atoms in total. The fourth-order valence-corrected chi connectivity index (χ4v) is 11.0. The van der Waals surface area contributed by atoms with E-state index in [4.69, 9.17) is 0 Å². The van der Waals surface area contributed by atoms with E-state index < -0.39 is 0 Å². The Hall–Kier alpha value is -0.330. The molecule has 0 radical (unpaired) electrons. The predicted octanol–water partition coefficient (Wildman–Crippen LogP) is 8.46. The lowest BCUT2D eigenvalue weighted by Crippen LogP contribution is -2.68. The third-order valence-corrected chi connectivity index (χ3v) is 13.9. The molecule has 5 rings (SSSR count). The number of ketones is 1. The second-order valence-electron chi connectivity index (χ2n) is 15.2. The van der Waals surface area contributed by atoms with E-state index >= 15 is 0 Å². The molecular formula is C30H50O. The van der Waals surface area contributed by atoms with Gasteiger partial charge in [-0.25, -0.2) is 0 Å². The Bertz CT molecular complexity index is 781. The summed E-state index contributed by atoms with van der Waals surface area (Å²) in [5, 5.41) is 0. The van der Waals surface area contributed by atoms with Crippen LogP contribution in [0.3, 0.4) is 0 Å². The maximum atomic E-state index is 12.7. The van der Waals surface area contributed by atoms with E-state index in [0.29, 0.717) is 32.9 Å². The van der Waals surface area contributed by atoms with Crippen LogP contribution < -0.4 is 0 Å². The van der Waals surface area contributed by atoms with E-state index in [1.54, 1.807) is 0 Å². The van der Waals surface area contributed by atoms with Gasteiger partial charge in [0.25, 0.3) is 0 Å². The minimum atomic E-state index is 0.225. The lowest BCUT2D eigenvalue weighted by molar-refractivity contribution is -0.265. The molecule has 31 heavy (non-hydrogen) atoms. The zero-order valence-corrected chi connectivity index (χ0v) is 22.0. The van der Waals surface area contributed by atoms with Crippen LogP contribution in [0.2, 0.25) is 0 Å². The summed E-state index contributed by atoms with van der Waals surface area (Å²) in [5.41, 5.74) is 2.59. The highest BCUT2D eigenvalue weighted by atomic mass is 16.1. The van der Waals surface area contributed by atoms with Gasteiger partial charge in [0, 0.05) is 12.3 Å². The molecule has 5 aliphatic rings. The number of Topliss-reactive ketones (excluding diaryl/α,β-unsaturated/α-hetero) is 1. The molecule has 0 aromatic rings. The second kappa shape index (κ2) is 6.41. The van der Waals surface area contributed by atoms with E-state index in [-0.39, 0.29) is 11.3 Å². The molecule has 1 heteroatoms. The highest BCUT2D eigenvalue weighted by Gasteiger charge is 2.71. The van der Waals surface area contributed by atoms with Crippen LogP contribution in [-0.2, 0) is 4.79 Å². The van der Waals surface area contributed by atoms with Gasteiger partial charge in [0.15, 0.2) is 0 Å². The Morgan fingerprint density at radius 2 is 1.39 bits per heavy atom. The molecule has 0 saturated heterocycles. The summed E-state index contributed by atoms with van der Waals surface area (Å²) in [6, 6.07) is 0. The van der Waals surface area contributed by atoms with Crippen LogP contribution in [0, 0.1) is 56.2 Å². The molecule has 0 amide bonds. The average molecular weight is 427 g/mol. The van der Waals surface area contributed by atoms with Gasteiger partial charge in [0.2, 0.25) is 0 Å². The third kappa shape index (κ3) is 2.65. The van der Waals surface area contributed by atoms with Crippen LogP contribution in [0.25, 0.3) is 0 Å². The molecule has 0 aromatic carbocycles. The largest absolute Gasteiger partial charge is 0.299 e. The zero-order valence-electron chi connectivity index (χ0n) is 22.0. The summed E-state index contributed by atoms with van der Waals surface area (Å²) in [5.74, 6) is 3.34. The number of carbonyl (C=O) groups is 1. The summed E-state index contributed by atoms with van der Waals surface area (Å²) in [7, 11) is 0. The molecule has 0 heterocycles. The molecular weight excluding hydrogens is 376 g/mol. The molecule has 5 saturated carbocycles. The highest BCUT2D eigenvalue weighted by Crippen LogP contribution is 2.79. The fourth-order valence-electron chi connectivity index (χ4n) is 11.0. The molecule has 0 spiro atoms. The Labute approximate surface area is 192 Å². The maximum Gasteiger partial charge on any atom is 0.136 e. The number of rotatable bonds is 0. The molecule has 0 aromatic heterocycles. The maximum absolute atomic E-state index is 12.7. The Morgan fingerprint density at radius 3 is 2.10 bits per heavy atom. The van der Waals surface area contributed by atoms with Crippen molar-refractivity contribution >= 4 is 5.78 Å². The van der Waals surface area contributed by atoms with Crippen molar-refractivity contribution in [3.05, 3.63) is 0 Å². The molecule has 5 aliphatic carbocycles. The summed E-state index contributed by atoms with van der Waals surface area (Å²) in [6.07, 6.45) is 14.6. The Balaban J connectivity index is 1.55. The minimum absolute atomic E-state index is 0.225. The minimum Gasteiger partial charge on any atom is -0.299 e. The molecule has 0 bridgehead atoms. The van der Waals surface area contributed by atoms with Gasteiger partial charge in [-0.15, -0.1) is 0 Å². The van der Waals surface area contributed by atoms with Crippen LogP contribution >= 0.6 is 0 Å². The van der Waals surface area contributed by atoms with Gasteiger partial charge >= 0.3 is 0 Å². The van der Waals surface area contributed by atoms with Crippen LogP contribution in [0.15, 0.2) is 0 Å². The first kappa shape index (κ1) is 22.5. The molecule has 0 aliphatic heterocycles. The third-order valence-electron chi connectivity index (χ3n) is 13.9. The topological polar surface area (TPSA) is 17.1 Å². The molecule has 5 fully saturated rings. The van der Waals surface area contributed by atoms with Crippen molar-refractivity contribution in [3.8, 4) is 0 Å². The number of hydrogen-bond acceptors (Lipinski definition) is 1. The van der Waals surface area contributed by atoms with Crippen molar-refractivity contribution < 1.29 is 4.79 Å². The van der Waals surface area contributed by atoms with Crippen molar-refractivity contribution in [2.45, 2.75) is 126 Å². The van der Waals surface area contributed by atoms with Crippen molar-refractivity contribution in [3.63, 3.8) is 0 Å². The monoisotopic (exact) mass is 426 g/mol. The summed E-state index contributed by atoms with van der Waals surface area (Å²) >= 11 is 0. The second-order valence-corrected chi connectivity index (χ2v) is 15.2. The van der Waals surface area contributed by atoms with Crippen LogP contribution in [0.4, 0.5) is 0 Å². The van der Waals surface area contributed by atoms with Crippen molar-refractivity contribution in [1.82, 2.24) is 0 Å². The first-order chi connectivity index (χ1) is 14.2.